The number of alkyl halides is 2. The molecule has 44 heavy (non-hydrogen) atoms. The fourth-order valence-electron chi connectivity index (χ4n) is 5.34. The zero-order valence-corrected chi connectivity index (χ0v) is 26.0. The van der Waals surface area contributed by atoms with E-state index in [0.717, 1.165) is 6.07 Å². The van der Waals surface area contributed by atoms with Crippen molar-refractivity contribution in [3.05, 3.63) is 76.2 Å². The minimum Gasteiger partial charge on any atom is -0.478 e. The van der Waals surface area contributed by atoms with Crippen LogP contribution in [0.25, 0.3) is 11.1 Å². The number of halogens is 4. The lowest BCUT2D eigenvalue weighted by atomic mass is 9.98. The van der Waals surface area contributed by atoms with Gasteiger partial charge in [0, 0.05) is 72.2 Å². The molecule has 1 N–H and O–H groups in total. The molecule has 4 rings (SSSR count). The third-order valence-electron chi connectivity index (χ3n) is 7.56. The minimum atomic E-state index is -2.87. The van der Waals surface area contributed by atoms with Crippen molar-refractivity contribution < 1.29 is 27.5 Å². The number of hydrogen-bond acceptors (Lipinski definition) is 6. The molecule has 1 fully saturated rings. The number of amides is 2. The molecule has 1 aromatic heterocycles. The Balaban J connectivity index is 1.71. The standard InChI is InChI=1S/C32H37ClF3N5O3/c1-5-21-19-40(32(43)24-10-9-20(33)18-25(24)29(35)36)16-17-41(21)26-12-11-22(23-8-7-13-38-31(23)44-6-2)28(34)27(26)30(42)37-14-15-39(3)4/h7-13,18,21,29H,5-6,14-17,19H2,1-4H3,(H,37,42)/t21-/m1/s1. The molecule has 2 aromatic carbocycles. The first-order valence-corrected chi connectivity index (χ1v) is 14.9. The van der Waals surface area contributed by atoms with Crippen LogP contribution < -0.4 is 15.0 Å². The number of benzene rings is 2. The molecule has 236 valence electrons. The molecule has 1 saturated heterocycles. The number of aromatic nitrogens is 1. The zero-order chi connectivity index (χ0) is 32.0. The van der Waals surface area contributed by atoms with Gasteiger partial charge in [0.25, 0.3) is 18.2 Å². The van der Waals surface area contributed by atoms with E-state index in [1.807, 2.05) is 30.8 Å². The number of ether oxygens (including phenoxy) is 1. The molecule has 2 heterocycles. The van der Waals surface area contributed by atoms with E-state index in [-0.39, 0.29) is 53.3 Å². The van der Waals surface area contributed by atoms with Crippen molar-refractivity contribution in [1.82, 2.24) is 20.1 Å². The summed E-state index contributed by atoms with van der Waals surface area (Å²) in [6.45, 7) is 5.56. The maximum Gasteiger partial charge on any atom is 0.264 e. The molecule has 0 bridgehead atoms. The molecule has 2 amide bonds. The molecule has 1 aliphatic rings. The monoisotopic (exact) mass is 631 g/mol. The van der Waals surface area contributed by atoms with Crippen molar-refractivity contribution in [2.45, 2.75) is 32.7 Å². The molecule has 12 heteroatoms. The third kappa shape index (κ3) is 7.27. The number of carbonyl (C=O) groups excluding carboxylic acids is 2. The summed E-state index contributed by atoms with van der Waals surface area (Å²) in [7, 11) is 3.74. The Kier molecular flexibility index (Phi) is 11.1. The van der Waals surface area contributed by atoms with E-state index in [1.54, 1.807) is 37.4 Å². The second kappa shape index (κ2) is 14.8. The lowest BCUT2D eigenvalue weighted by Gasteiger charge is -2.43. The number of nitrogens with one attached hydrogen (secondary N) is 1. The van der Waals surface area contributed by atoms with Gasteiger partial charge in [0.15, 0.2) is 0 Å². The average Bonchev–Trinajstić information content (AvgIpc) is 3.00. The second-order valence-corrected chi connectivity index (χ2v) is 11.1. The van der Waals surface area contributed by atoms with Crippen LogP contribution in [0.2, 0.25) is 5.02 Å². The lowest BCUT2D eigenvalue weighted by Crippen LogP contribution is -2.55. The van der Waals surface area contributed by atoms with Crippen LogP contribution in [0, 0.1) is 5.82 Å². The highest BCUT2D eigenvalue weighted by molar-refractivity contribution is 6.30. The Bertz CT molecular complexity index is 1490. The number of pyridine rings is 1. The molecular weight excluding hydrogens is 595 g/mol. The van der Waals surface area contributed by atoms with Gasteiger partial charge >= 0.3 is 0 Å². The number of likely N-dealkylation sites (N-methyl/N-ethyl adjacent to an activating group) is 1. The van der Waals surface area contributed by atoms with E-state index in [2.05, 4.69) is 10.3 Å². The van der Waals surface area contributed by atoms with Crippen molar-refractivity contribution in [3.63, 3.8) is 0 Å². The predicted molar refractivity (Wildman–Crippen MR) is 165 cm³/mol. The number of rotatable bonds is 11. The van der Waals surface area contributed by atoms with Gasteiger partial charge < -0.3 is 24.8 Å². The second-order valence-electron chi connectivity index (χ2n) is 10.7. The Morgan fingerprint density at radius 3 is 2.59 bits per heavy atom. The molecule has 0 spiro atoms. The van der Waals surface area contributed by atoms with Crippen molar-refractivity contribution in [1.29, 1.82) is 0 Å². The van der Waals surface area contributed by atoms with Crippen LogP contribution in [0.3, 0.4) is 0 Å². The fraction of sp³-hybridized carbons (Fsp3) is 0.406. The van der Waals surface area contributed by atoms with Crippen LogP contribution in [-0.2, 0) is 0 Å². The summed E-state index contributed by atoms with van der Waals surface area (Å²) in [5.41, 5.74) is 0.325. The van der Waals surface area contributed by atoms with Gasteiger partial charge in [-0.25, -0.2) is 18.2 Å². The van der Waals surface area contributed by atoms with Gasteiger partial charge in [-0.1, -0.05) is 18.5 Å². The van der Waals surface area contributed by atoms with E-state index >= 15 is 4.39 Å². The number of carbonyl (C=O) groups is 2. The van der Waals surface area contributed by atoms with Gasteiger partial charge in [0.1, 0.15) is 5.82 Å². The first-order valence-electron chi connectivity index (χ1n) is 14.5. The highest BCUT2D eigenvalue weighted by Gasteiger charge is 2.34. The van der Waals surface area contributed by atoms with Gasteiger partial charge in [-0.2, -0.15) is 0 Å². The normalized spacial score (nSPS) is 15.2. The van der Waals surface area contributed by atoms with Crippen LogP contribution >= 0.6 is 11.6 Å². The number of hydrogen-bond donors (Lipinski definition) is 1. The maximum atomic E-state index is 16.5. The van der Waals surface area contributed by atoms with Crippen molar-refractivity contribution in [2.24, 2.45) is 0 Å². The van der Waals surface area contributed by atoms with Crippen LogP contribution in [0.15, 0.2) is 48.7 Å². The zero-order valence-electron chi connectivity index (χ0n) is 25.2. The summed E-state index contributed by atoms with van der Waals surface area (Å²) in [5, 5.41) is 2.95. The number of anilines is 1. The molecule has 0 aliphatic carbocycles. The van der Waals surface area contributed by atoms with Crippen LogP contribution in [0.5, 0.6) is 5.88 Å². The largest absolute Gasteiger partial charge is 0.478 e. The number of piperazine rings is 1. The molecule has 8 nitrogen and oxygen atoms in total. The van der Waals surface area contributed by atoms with Gasteiger partial charge in [-0.05, 0) is 69.9 Å². The molecule has 0 radical (unpaired) electrons. The topological polar surface area (TPSA) is 78.0 Å². The van der Waals surface area contributed by atoms with E-state index in [0.29, 0.717) is 37.4 Å². The molecule has 3 aromatic rings. The van der Waals surface area contributed by atoms with E-state index in [9.17, 15) is 18.4 Å². The summed E-state index contributed by atoms with van der Waals surface area (Å²) < 4.78 is 49.6. The highest BCUT2D eigenvalue weighted by atomic mass is 35.5. The van der Waals surface area contributed by atoms with Gasteiger partial charge in [0.05, 0.1) is 17.9 Å². The minimum absolute atomic E-state index is 0.106. The fourth-order valence-corrected chi connectivity index (χ4v) is 5.52. The quantitative estimate of drug-likeness (QED) is 0.284. The Morgan fingerprint density at radius 1 is 1.14 bits per heavy atom. The van der Waals surface area contributed by atoms with Gasteiger partial charge in [0.2, 0.25) is 5.88 Å². The Hall–Kier alpha value is -3.83. The Morgan fingerprint density at radius 2 is 1.91 bits per heavy atom. The van der Waals surface area contributed by atoms with Crippen molar-refractivity contribution in [3.8, 4) is 17.0 Å². The number of nitrogens with zero attached hydrogens (tertiary/aromatic N) is 4. The van der Waals surface area contributed by atoms with E-state index in [1.165, 1.54) is 17.0 Å². The lowest BCUT2D eigenvalue weighted by molar-refractivity contribution is 0.0708. The first-order chi connectivity index (χ1) is 21.1. The molecule has 0 unspecified atom stereocenters. The van der Waals surface area contributed by atoms with Crippen molar-refractivity contribution in [2.75, 3.05) is 58.3 Å². The molecular formula is C32H37ClF3N5O3. The predicted octanol–water partition coefficient (Wildman–Crippen LogP) is 5.91. The summed E-state index contributed by atoms with van der Waals surface area (Å²) >= 11 is 5.92. The van der Waals surface area contributed by atoms with Crippen molar-refractivity contribution >= 4 is 29.1 Å². The van der Waals surface area contributed by atoms with Gasteiger partial charge in [-0.3, -0.25) is 9.59 Å². The highest BCUT2D eigenvalue weighted by Crippen LogP contribution is 2.37. The van der Waals surface area contributed by atoms with Crippen LogP contribution in [0.4, 0.5) is 18.9 Å². The molecule has 1 aliphatic heterocycles. The summed E-state index contributed by atoms with van der Waals surface area (Å²) in [4.78, 5) is 36.6. The average molecular weight is 632 g/mol. The Labute approximate surface area is 260 Å². The molecule has 0 saturated carbocycles. The van der Waals surface area contributed by atoms with E-state index < -0.39 is 29.6 Å². The smallest absolute Gasteiger partial charge is 0.264 e. The van der Waals surface area contributed by atoms with Crippen LogP contribution in [0.1, 0.15) is 53.0 Å². The first kappa shape index (κ1) is 33.1. The maximum absolute atomic E-state index is 16.5. The SMILES string of the molecule is CCOc1ncccc1-c1ccc(N2CCN(C(=O)c3ccc(Cl)cc3C(F)F)C[C@H]2CC)c(C(=O)NCCN(C)C)c1F. The third-order valence-corrected chi connectivity index (χ3v) is 7.80. The summed E-state index contributed by atoms with van der Waals surface area (Å²) in [6.07, 6.45) is -0.765. The summed E-state index contributed by atoms with van der Waals surface area (Å²) in [5.74, 6) is -1.56. The summed E-state index contributed by atoms with van der Waals surface area (Å²) in [6, 6.07) is 10.2. The van der Waals surface area contributed by atoms with Gasteiger partial charge in [-0.15, -0.1) is 0 Å². The van der Waals surface area contributed by atoms with Crippen LogP contribution in [-0.4, -0.2) is 86.1 Å². The molecule has 1 atom stereocenters. The van der Waals surface area contributed by atoms with E-state index in [4.69, 9.17) is 16.3 Å².